The van der Waals surface area contributed by atoms with Crippen LogP contribution in [0, 0.1) is 0 Å². The largest absolute Gasteiger partial charge is 0.508 e. The van der Waals surface area contributed by atoms with Crippen molar-refractivity contribution in [1.29, 1.82) is 0 Å². The highest BCUT2D eigenvalue weighted by atomic mass is 16.5. The number of ether oxygens (including phenoxy) is 1. The number of allylic oxidation sites excluding steroid dienone is 3. The van der Waals surface area contributed by atoms with E-state index >= 15 is 0 Å². The van der Waals surface area contributed by atoms with Crippen molar-refractivity contribution in [2.75, 3.05) is 6.61 Å². The molecule has 4 nitrogen and oxygen atoms in total. The molecule has 0 unspecified atom stereocenters. The first kappa shape index (κ1) is 24.0. The van der Waals surface area contributed by atoms with Crippen LogP contribution in [0.25, 0.3) is 6.08 Å². The quantitative estimate of drug-likeness (QED) is 0.283. The van der Waals surface area contributed by atoms with E-state index in [4.69, 9.17) is 4.74 Å². The molecule has 0 aliphatic carbocycles. The Morgan fingerprint density at radius 2 is 1.55 bits per heavy atom. The van der Waals surface area contributed by atoms with Crippen LogP contribution in [0.1, 0.15) is 61.7 Å². The van der Waals surface area contributed by atoms with E-state index < -0.39 is 10.8 Å². The molecule has 2 rings (SSSR count). The smallest absolute Gasteiger partial charge is 0.185 e. The summed E-state index contributed by atoms with van der Waals surface area (Å²) in [5.74, 6) is 0.405. The molecule has 0 radical (unpaired) electrons. The second-order valence-corrected chi connectivity index (χ2v) is 8.59. The molecule has 4 heteroatoms. The first-order valence-electron chi connectivity index (χ1n) is 10.3. The zero-order chi connectivity index (χ0) is 23.4. The van der Waals surface area contributed by atoms with Gasteiger partial charge < -0.3 is 14.9 Å². The van der Waals surface area contributed by atoms with E-state index in [0.29, 0.717) is 29.0 Å². The summed E-state index contributed by atoms with van der Waals surface area (Å²) in [6.45, 7) is 18.1. The molecule has 0 spiro atoms. The van der Waals surface area contributed by atoms with Crippen LogP contribution in [0.4, 0.5) is 0 Å². The monoisotopic (exact) mass is 420 g/mol. The molecule has 0 aliphatic rings. The van der Waals surface area contributed by atoms with Crippen molar-refractivity contribution in [3.05, 3.63) is 84.0 Å². The maximum absolute atomic E-state index is 12.7. The lowest BCUT2D eigenvalue weighted by atomic mass is 9.76. The van der Waals surface area contributed by atoms with Gasteiger partial charge >= 0.3 is 0 Å². The Bertz CT molecular complexity index is 1010. The lowest BCUT2D eigenvalue weighted by molar-refractivity contribution is 0.104. The Labute approximate surface area is 185 Å². The number of phenolic OH excluding ortho intramolecular Hbond substituents is 2. The number of carbonyl (C=O) groups excluding carboxylic acids is 1. The van der Waals surface area contributed by atoms with E-state index in [-0.39, 0.29) is 17.3 Å². The molecule has 2 aromatic rings. The van der Waals surface area contributed by atoms with Crippen LogP contribution in [0.3, 0.4) is 0 Å². The maximum Gasteiger partial charge on any atom is 0.185 e. The highest BCUT2D eigenvalue weighted by Crippen LogP contribution is 2.46. The minimum absolute atomic E-state index is 0.0479. The summed E-state index contributed by atoms with van der Waals surface area (Å²) in [5, 5.41) is 20.6. The van der Waals surface area contributed by atoms with Gasteiger partial charge in [0, 0.05) is 27.5 Å². The van der Waals surface area contributed by atoms with Crippen molar-refractivity contribution in [2.24, 2.45) is 0 Å². The molecule has 0 saturated heterocycles. The molecule has 2 aromatic carbocycles. The molecule has 31 heavy (non-hydrogen) atoms. The van der Waals surface area contributed by atoms with Crippen molar-refractivity contribution < 1.29 is 19.7 Å². The topological polar surface area (TPSA) is 66.8 Å². The Balaban J connectivity index is 2.75. The van der Waals surface area contributed by atoms with E-state index in [9.17, 15) is 15.0 Å². The Morgan fingerprint density at radius 3 is 2.06 bits per heavy atom. The molecule has 0 heterocycles. The number of hydrogen-bond donors (Lipinski definition) is 2. The molecule has 2 N–H and O–H groups in total. The van der Waals surface area contributed by atoms with Gasteiger partial charge in [-0.1, -0.05) is 39.8 Å². The summed E-state index contributed by atoms with van der Waals surface area (Å²) in [6, 6.07) is 7.96. The fourth-order valence-corrected chi connectivity index (χ4v) is 3.20. The summed E-state index contributed by atoms with van der Waals surface area (Å²) < 4.78 is 5.96. The van der Waals surface area contributed by atoms with Crippen LogP contribution < -0.4 is 4.74 Å². The fraction of sp³-hybridized carbons (Fsp3) is 0.296. The molecule has 0 aliphatic heterocycles. The van der Waals surface area contributed by atoms with Gasteiger partial charge in [0.25, 0.3) is 0 Å². The first-order chi connectivity index (χ1) is 14.5. The van der Waals surface area contributed by atoms with Crippen LogP contribution in [-0.2, 0) is 10.8 Å². The lowest BCUT2D eigenvalue weighted by Gasteiger charge is -2.30. The second-order valence-electron chi connectivity index (χ2n) is 8.59. The van der Waals surface area contributed by atoms with Crippen LogP contribution in [0.2, 0.25) is 0 Å². The third-order valence-corrected chi connectivity index (χ3v) is 5.54. The molecule has 0 fully saturated rings. The third-order valence-electron chi connectivity index (χ3n) is 5.54. The van der Waals surface area contributed by atoms with Gasteiger partial charge in [-0.3, -0.25) is 4.79 Å². The van der Waals surface area contributed by atoms with Crippen molar-refractivity contribution in [1.82, 2.24) is 0 Å². The number of hydrogen-bond acceptors (Lipinski definition) is 4. The zero-order valence-corrected chi connectivity index (χ0v) is 19.0. The van der Waals surface area contributed by atoms with Crippen LogP contribution in [0.15, 0.2) is 61.7 Å². The first-order valence-corrected chi connectivity index (χ1v) is 10.3. The molecular weight excluding hydrogens is 388 g/mol. The Morgan fingerprint density at radius 1 is 1.00 bits per heavy atom. The van der Waals surface area contributed by atoms with Crippen LogP contribution >= 0.6 is 0 Å². The number of carbonyl (C=O) groups is 1. The minimum atomic E-state index is -0.510. The average Bonchev–Trinajstić information content (AvgIpc) is 2.73. The molecule has 0 amide bonds. The van der Waals surface area contributed by atoms with Crippen molar-refractivity contribution in [2.45, 2.75) is 45.4 Å². The molecule has 0 atom stereocenters. The van der Waals surface area contributed by atoms with Gasteiger partial charge in [0.2, 0.25) is 0 Å². The van der Waals surface area contributed by atoms with Crippen molar-refractivity contribution in [3.63, 3.8) is 0 Å². The number of phenols is 2. The van der Waals surface area contributed by atoms with Crippen LogP contribution in [-0.4, -0.2) is 22.6 Å². The summed E-state index contributed by atoms with van der Waals surface area (Å²) in [5.41, 5.74) is 1.47. The Hall–Kier alpha value is -3.27. The van der Waals surface area contributed by atoms with E-state index in [0.717, 1.165) is 5.56 Å². The van der Waals surface area contributed by atoms with E-state index in [2.05, 4.69) is 13.2 Å². The molecule has 164 valence electrons. The Kier molecular flexibility index (Phi) is 7.17. The number of benzene rings is 2. The number of aromatic hydroxyl groups is 2. The lowest BCUT2D eigenvalue weighted by Crippen LogP contribution is -2.20. The highest BCUT2D eigenvalue weighted by molar-refractivity contribution is 6.07. The van der Waals surface area contributed by atoms with Crippen LogP contribution in [0.5, 0.6) is 17.2 Å². The number of rotatable bonds is 9. The van der Waals surface area contributed by atoms with Gasteiger partial charge in [-0.25, -0.2) is 0 Å². The molecule has 0 saturated carbocycles. The predicted octanol–water partition coefficient (Wildman–Crippen LogP) is 6.32. The average molecular weight is 421 g/mol. The van der Waals surface area contributed by atoms with E-state index in [1.165, 1.54) is 18.2 Å². The second kappa shape index (κ2) is 9.25. The maximum atomic E-state index is 12.7. The van der Waals surface area contributed by atoms with Gasteiger partial charge in [0.1, 0.15) is 17.2 Å². The number of ketones is 1. The van der Waals surface area contributed by atoms with E-state index in [1.54, 1.807) is 24.3 Å². The van der Waals surface area contributed by atoms with Gasteiger partial charge in [0.05, 0.1) is 12.2 Å². The van der Waals surface area contributed by atoms with Gasteiger partial charge in [0.15, 0.2) is 5.78 Å². The molecular formula is C27H32O4. The van der Waals surface area contributed by atoms with Gasteiger partial charge in [-0.15, -0.1) is 13.2 Å². The fourth-order valence-electron chi connectivity index (χ4n) is 3.20. The third kappa shape index (κ3) is 5.08. The molecule has 0 aromatic heterocycles. The summed E-state index contributed by atoms with van der Waals surface area (Å²) in [7, 11) is 0. The molecule has 0 bridgehead atoms. The summed E-state index contributed by atoms with van der Waals surface area (Å²) in [4.78, 5) is 12.7. The summed E-state index contributed by atoms with van der Waals surface area (Å²) in [6.07, 6.45) is 6.60. The van der Waals surface area contributed by atoms with Crippen molar-refractivity contribution in [3.8, 4) is 17.2 Å². The van der Waals surface area contributed by atoms with E-state index in [1.807, 2.05) is 46.8 Å². The van der Waals surface area contributed by atoms with Gasteiger partial charge in [-0.05, 0) is 49.4 Å². The standard InChI is InChI=1S/C27H32O4/c1-8-26(4,5)21-17-22(27(6,7)9-2)25(31-10-3)20(24(21)30)15-16-23(29)18-11-13-19(28)14-12-18/h8-9,11-17,28,30H,1-2,10H2,3-7H3/b16-15+. The zero-order valence-electron chi connectivity index (χ0n) is 19.0. The summed E-state index contributed by atoms with van der Waals surface area (Å²) >= 11 is 0. The minimum Gasteiger partial charge on any atom is -0.508 e. The SMILES string of the molecule is C=CC(C)(C)c1cc(C(C)(C)C=C)c(OCC)c(/C=C/C(=O)c2ccc(O)cc2)c1O. The normalized spacial score (nSPS) is 12.0. The van der Waals surface area contributed by atoms with Gasteiger partial charge in [-0.2, -0.15) is 0 Å². The predicted molar refractivity (Wildman–Crippen MR) is 127 cm³/mol. The van der Waals surface area contributed by atoms with Crippen molar-refractivity contribution >= 4 is 11.9 Å². The highest BCUT2D eigenvalue weighted by Gasteiger charge is 2.31.